The molecular weight excluding hydrogens is 245 g/mol. The fraction of sp³-hybridized carbons (Fsp3) is 0.273. The summed E-state index contributed by atoms with van der Waals surface area (Å²) < 4.78 is 14.0. The van der Waals surface area contributed by atoms with Crippen molar-refractivity contribution in [2.75, 3.05) is 6.54 Å². The first-order valence-electron chi connectivity index (χ1n) is 4.38. The van der Waals surface area contributed by atoms with E-state index in [1.807, 2.05) is 13.0 Å². The van der Waals surface area contributed by atoms with Crippen LogP contribution in [0.15, 0.2) is 34.8 Å². The smallest absolute Gasteiger partial charge is 0.128 e. The Balaban J connectivity index is 2.55. The van der Waals surface area contributed by atoms with E-state index in [2.05, 4.69) is 27.8 Å². The standard InChI is InChI=1S/C11H13BrFN/c1-8(2)6-14-7-9-3-4-10(12)5-11(9)13/h3-5,14H,1,6-7H2,2H3. The van der Waals surface area contributed by atoms with Gasteiger partial charge in [-0.05, 0) is 19.1 Å². The SMILES string of the molecule is C=C(C)CNCc1ccc(Br)cc1F. The van der Waals surface area contributed by atoms with Gasteiger partial charge in [-0.15, -0.1) is 0 Å². The van der Waals surface area contributed by atoms with E-state index in [-0.39, 0.29) is 5.82 Å². The Hall–Kier alpha value is -0.670. The molecule has 0 bridgehead atoms. The lowest BCUT2D eigenvalue weighted by Gasteiger charge is -2.05. The Kier molecular flexibility index (Phi) is 4.29. The van der Waals surface area contributed by atoms with Crippen LogP contribution in [0.2, 0.25) is 0 Å². The highest BCUT2D eigenvalue weighted by Gasteiger charge is 2.01. The molecule has 1 N–H and O–H groups in total. The highest BCUT2D eigenvalue weighted by Crippen LogP contribution is 2.14. The third-order valence-corrected chi connectivity index (χ3v) is 2.25. The summed E-state index contributed by atoms with van der Waals surface area (Å²) in [6.07, 6.45) is 0. The molecule has 0 radical (unpaired) electrons. The Morgan fingerprint density at radius 3 is 2.86 bits per heavy atom. The molecule has 0 aliphatic heterocycles. The van der Waals surface area contributed by atoms with Crippen molar-refractivity contribution in [3.63, 3.8) is 0 Å². The number of nitrogens with one attached hydrogen (secondary N) is 1. The van der Waals surface area contributed by atoms with Crippen molar-refractivity contribution in [1.29, 1.82) is 0 Å². The molecule has 0 saturated carbocycles. The Morgan fingerprint density at radius 1 is 1.57 bits per heavy atom. The highest BCUT2D eigenvalue weighted by molar-refractivity contribution is 9.10. The third-order valence-electron chi connectivity index (χ3n) is 1.76. The molecule has 76 valence electrons. The van der Waals surface area contributed by atoms with E-state index >= 15 is 0 Å². The molecule has 0 amide bonds. The van der Waals surface area contributed by atoms with Crippen LogP contribution in [0.4, 0.5) is 4.39 Å². The number of hydrogen-bond acceptors (Lipinski definition) is 1. The summed E-state index contributed by atoms with van der Waals surface area (Å²) in [4.78, 5) is 0. The zero-order valence-corrected chi connectivity index (χ0v) is 9.70. The summed E-state index contributed by atoms with van der Waals surface area (Å²) in [5, 5.41) is 3.11. The van der Waals surface area contributed by atoms with Crippen LogP contribution in [-0.2, 0) is 6.54 Å². The van der Waals surface area contributed by atoms with Gasteiger partial charge >= 0.3 is 0 Å². The first kappa shape index (κ1) is 11.4. The van der Waals surface area contributed by atoms with Gasteiger partial charge < -0.3 is 5.32 Å². The lowest BCUT2D eigenvalue weighted by Crippen LogP contribution is -2.15. The molecule has 1 aromatic carbocycles. The molecule has 0 atom stereocenters. The molecule has 0 unspecified atom stereocenters. The Labute approximate surface area is 92.1 Å². The van der Waals surface area contributed by atoms with E-state index in [0.717, 1.165) is 16.6 Å². The summed E-state index contributed by atoms with van der Waals surface area (Å²) in [7, 11) is 0. The molecule has 0 aromatic heterocycles. The second-order valence-electron chi connectivity index (χ2n) is 3.30. The van der Waals surface area contributed by atoms with Crippen molar-refractivity contribution in [3.05, 3.63) is 46.2 Å². The molecule has 3 heteroatoms. The molecule has 0 fully saturated rings. The molecule has 0 aliphatic rings. The number of rotatable bonds is 4. The van der Waals surface area contributed by atoms with E-state index in [0.29, 0.717) is 12.1 Å². The van der Waals surface area contributed by atoms with Gasteiger partial charge in [-0.2, -0.15) is 0 Å². The molecular formula is C11H13BrFN. The molecule has 14 heavy (non-hydrogen) atoms. The minimum atomic E-state index is -0.186. The quantitative estimate of drug-likeness (QED) is 0.817. The van der Waals surface area contributed by atoms with Crippen LogP contribution in [0.5, 0.6) is 0 Å². The minimum absolute atomic E-state index is 0.186. The van der Waals surface area contributed by atoms with Crippen LogP contribution in [0.1, 0.15) is 12.5 Å². The van der Waals surface area contributed by atoms with Crippen molar-refractivity contribution in [3.8, 4) is 0 Å². The van der Waals surface area contributed by atoms with Gasteiger partial charge in [0.15, 0.2) is 0 Å². The van der Waals surface area contributed by atoms with Gasteiger partial charge in [0.05, 0.1) is 0 Å². The summed E-state index contributed by atoms with van der Waals surface area (Å²) in [5.41, 5.74) is 1.72. The Bertz CT molecular complexity index is 336. The van der Waals surface area contributed by atoms with Crippen LogP contribution in [0.3, 0.4) is 0 Å². The monoisotopic (exact) mass is 257 g/mol. The summed E-state index contributed by atoms with van der Waals surface area (Å²) >= 11 is 3.21. The topological polar surface area (TPSA) is 12.0 Å². The van der Waals surface area contributed by atoms with Crippen molar-refractivity contribution >= 4 is 15.9 Å². The van der Waals surface area contributed by atoms with Crippen LogP contribution in [0, 0.1) is 5.82 Å². The molecule has 1 rings (SSSR count). The lowest BCUT2D eigenvalue weighted by atomic mass is 10.2. The van der Waals surface area contributed by atoms with Crippen LogP contribution >= 0.6 is 15.9 Å². The average Bonchev–Trinajstić information content (AvgIpc) is 2.08. The fourth-order valence-corrected chi connectivity index (χ4v) is 1.41. The van der Waals surface area contributed by atoms with Crippen LogP contribution in [0.25, 0.3) is 0 Å². The van der Waals surface area contributed by atoms with Gasteiger partial charge in [-0.3, -0.25) is 0 Å². The lowest BCUT2D eigenvalue weighted by molar-refractivity contribution is 0.594. The fourth-order valence-electron chi connectivity index (χ4n) is 1.08. The molecule has 0 aliphatic carbocycles. The van der Waals surface area contributed by atoms with E-state index in [9.17, 15) is 4.39 Å². The molecule has 0 saturated heterocycles. The van der Waals surface area contributed by atoms with Gasteiger partial charge in [0.1, 0.15) is 5.82 Å². The first-order chi connectivity index (χ1) is 6.59. The van der Waals surface area contributed by atoms with E-state index in [1.54, 1.807) is 6.07 Å². The summed E-state index contributed by atoms with van der Waals surface area (Å²) in [5.74, 6) is -0.186. The van der Waals surface area contributed by atoms with E-state index < -0.39 is 0 Å². The van der Waals surface area contributed by atoms with E-state index in [4.69, 9.17) is 0 Å². The second-order valence-corrected chi connectivity index (χ2v) is 4.21. The normalized spacial score (nSPS) is 10.2. The van der Waals surface area contributed by atoms with Crippen LogP contribution < -0.4 is 5.32 Å². The zero-order valence-electron chi connectivity index (χ0n) is 8.11. The minimum Gasteiger partial charge on any atom is -0.309 e. The summed E-state index contributed by atoms with van der Waals surface area (Å²) in [6.45, 7) is 6.95. The first-order valence-corrected chi connectivity index (χ1v) is 5.18. The predicted octanol–water partition coefficient (Wildman–Crippen LogP) is 3.25. The van der Waals surface area contributed by atoms with Gasteiger partial charge in [0.2, 0.25) is 0 Å². The molecule has 1 aromatic rings. The largest absolute Gasteiger partial charge is 0.309 e. The van der Waals surface area contributed by atoms with Gasteiger partial charge in [-0.25, -0.2) is 4.39 Å². The van der Waals surface area contributed by atoms with Crippen molar-refractivity contribution in [1.82, 2.24) is 5.32 Å². The Morgan fingerprint density at radius 2 is 2.29 bits per heavy atom. The third kappa shape index (κ3) is 3.60. The maximum absolute atomic E-state index is 13.3. The molecule has 0 spiro atoms. The van der Waals surface area contributed by atoms with E-state index in [1.165, 1.54) is 6.07 Å². The maximum Gasteiger partial charge on any atom is 0.128 e. The van der Waals surface area contributed by atoms with Gasteiger partial charge in [0.25, 0.3) is 0 Å². The number of halogens is 2. The van der Waals surface area contributed by atoms with Crippen molar-refractivity contribution in [2.45, 2.75) is 13.5 Å². The number of benzene rings is 1. The number of hydrogen-bond donors (Lipinski definition) is 1. The predicted molar refractivity (Wildman–Crippen MR) is 60.6 cm³/mol. The van der Waals surface area contributed by atoms with Crippen molar-refractivity contribution < 1.29 is 4.39 Å². The molecule has 1 nitrogen and oxygen atoms in total. The average molecular weight is 258 g/mol. The van der Waals surface area contributed by atoms with Gasteiger partial charge in [0, 0.05) is 23.1 Å². The van der Waals surface area contributed by atoms with Gasteiger partial charge in [-0.1, -0.05) is 34.1 Å². The highest BCUT2D eigenvalue weighted by atomic mass is 79.9. The van der Waals surface area contributed by atoms with Crippen molar-refractivity contribution in [2.24, 2.45) is 0 Å². The maximum atomic E-state index is 13.3. The second kappa shape index (κ2) is 5.27. The zero-order chi connectivity index (χ0) is 10.6. The molecule has 0 heterocycles. The summed E-state index contributed by atoms with van der Waals surface area (Å²) in [6, 6.07) is 5.07. The van der Waals surface area contributed by atoms with Crippen LogP contribution in [-0.4, -0.2) is 6.54 Å².